The van der Waals surface area contributed by atoms with Crippen molar-refractivity contribution in [2.45, 2.75) is 45.3 Å². The van der Waals surface area contributed by atoms with Crippen LogP contribution in [-0.2, 0) is 4.79 Å². The zero-order chi connectivity index (χ0) is 13.4. The van der Waals surface area contributed by atoms with Crippen LogP contribution in [0, 0.1) is 0 Å². The van der Waals surface area contributed by atoms with Crippen molar-refractivity contribution in [1.29, 1.82) is 0 Å². The van der Waals surface area contributed by atoms with Crippen molar-refractivity contribution in [3.05, 3.63) is 0 Å². The summed E-state index contributed by atoms with van der Waals surface area (Å²) in [5, 5.41) is 20.3. The topological polar surface area (TPSA) is 89.9 Å². The highest BCUT2D eigenvalue weighted by Gasteiger charge is 2.25. The number of hydrogen-bond donors (Lipinski definition) is 3. The first-order valence-electron chi connectivity index (χ1n) is 5.82. The number of rotatable bonds is 7. The van der Waals surface area contributed by atoms with Gasteiger partial charge in [-0.05, 0) is 13.3 Å². The minimum absolute atomic E-state index is 0.477. The second-order valence-electron chi connectivity index (χ2n) is 4.13. The van der Waals surface area contributed by atoms with Crippen LogP contribution in [0.4, 0.5) is 4.79 Å². The van der Waals surface area contributed by atoms with Gasteiger partial charge in [0, 0.05) is 13.6 Å². The first-order chi connectivity index (χ1) is 7.90. The molecule has 0 spiro atoms. The third-order valence-electron chi connectivity index (χ3n) is 2.47. The summed E-state index contributed by atoms with van der Waals surface area (Å²) in [6, 6.07) is -1.74. The molecule has 0 aromatic carbocycles. The molecule has 0 rings (SSSR count). The van der Waals surface area contributed by atoms with Gasteiger partial charge in [-0.15, -0.1) is 0 Å². The van der Waals surface area contributed by atoms with Crippen LogP contribution in [0.25, 0.3) is 0 Å². The van der Waals surface area contributed by atoms with Gasteiger partial charge in [0.1, 0.15) is 0 Å². The molecular formula is C11H22N2O4. The van der Waals surface area contributed by atoms with Gasteiger partial charge in [-0.2, -0.15) is 0 Å². The molecule has 0 unspecified atom stereocenters. The van der Waals surface area contributed by atoms with Gasteiger partial charge in [0.2, 0.25) is 0 Å². The van der Waals surface area contributed by atoms with Crippen LogP contribution < -0.4 is 5.32 Å². The molecule has 0 fully saturated rings. The van der Waals surface area contributed by atoms with Crippen molar-refractivity contribution in [2.75, 3.05) is 13.6 Å². The molecule has 6 nitrogen and oxygen atoms in total. The Morgan fingerprint density at radius 3 is 2.35 bits per heavy atom. The molecule has 0 aromatic rings. The number of nitrogens with one attached hydrogen (secondary N) is 1. The molecule has 0 saturated heterocycles. The van der Waals surface area contributed by atoms with Gasteiger partial charge >= 0.3 is 12.0 Å². The van der Waals surface area contributed by atoms with Crippen LogP contribution in [0.2, 0.25) is 0 Å². The summed E-state index contributed by atoms with van der Waals surface area (Å²) in [4.78, 5) is 23.8. The summed E-state index contributed by atoms with van der Waals surface area (Å²) in [6.07, 6.45) is 1.84. The van der Waals surface area contributed by atoms with Gasteiger partial charge < -0.3 is 20.4 Å². The average Bonchev–Trinajstić information content (AvgIpc) is 2.24. The summed E-state index contributed by atoms with van der Waals surface area (Å²) in [6.45, 7) is 3.97. The van der Waals surface area contributed by atoms with Crippen LogP contribution >= 0.6 is 0 Å². The number of carbonyl (C=O) groups is 2. The Hall–Kier alpha value is -1.30. The highest BCUT2D eigenvalue weighted by Crippen LogP contribution is 1.99. The number of carboxylic acid groups (broad SMARTS) is 1. The van der Waals surface area contributed by atoms with E-state index in [0.717, 1.165) is 19.3 Å². The summed E-state index contributed by atoms with van der Waals surface area (Å²) >= 11 is 0. The van der Waals surface area contributed by atoms with Crippen molar-refractivity contribution in [3.63, 3.8) is 0 Å². The SMILES string of the molecule is CCCCCN(C)C(=O)N[C@H](C(=O)O)[C@@H](C)O. The lowest BCUT2D eigenvalue weighted by Crippen LogP contribution is -2.51. The van der Waals surface area contributed by atoms with Gasteiger partial charge in [0.15, 0.2) is 6.04 Å². The van der Waals surface area contributed by atoms with Crippen LogP contribution in [0.1, 0.15) is 33.1 Å². The van der Waals surface area contributed by atoms with E-state index in [0.29, 0.717) is 6.54 Å². The van der Waals surface area contributed by atoms with Crippen LogP contribution in [-0.4, -0.2) is 52.9 Å². The zero-order valence-electron chi connectivity index (χ0n) is 10.6. The minimum Gasteiger partial charge on any atom is -0.480 e. The van der Waals surface area contributed by atoms with E-state index in [4.69, 9.17) is 5.11 Å². The summed E-state index contributed by atoms with van der Waals surface area (Å²) in [5.41, 5.74) is 0. The number of urea groups is 1. The van der Waals surface area contributed by atoms with Crippen LogP contribution in [0.3, 0.4) is 0 Å². The Morgan fingerprint density at radius 2 is 1.94 bits per heavy atom. The Morgan fingerprint density at radius 1 is 1.35 bits per heavy atom. The second kappa shape index (κ2) is 7.89. The number of unbranched alkanes of at least 4 members (excludes halogenated alkanes) is 2. The predicted molar refractivity (Wildman–Crippen MR) is 63.8 cm³/mol. The smallest absolute Gasteiger partial charge is 0.328 e. The van der Waals surface area contributed by atoms with E-state index in [2.05, 4.69) is 12.2 Å². The number of amides is 2. The lowest BCUT2D eigenvalue weighted by Gasteiger charge is -2.22. The maximum atomic E-state index is 11.6. The molecule has 0 bridgehead atoms. The third kappa shape index (κ3) is 6.11. The van der Waals surface area contributed by atoms with E-state index in [-0.39, 0.29) is 0 Å². The van der Waals surface area contributed by atoms with Crippen molar-refractivity contribution in [2.24, 2.45) is 0 Å². The van der Waals surface area contributed by atoms with E-state index in [9.17, 15) is 14.7 Å². The van der Waals surface area contributed by atoms with Crippen molar-refractivity contribution >= 4 is 12.0 Å². The first kappa shape index (κ1) is 15.7. The largest absolute Gasteiger partial charge is 0.480 e. The molecule has 100 valence electrons. The fraction of sp³-hybridized carbons (Fsp3) is 0.818. The van der Waals surface area contributed by atoms with Crippen molar-refractivity contribution in [1.82, 2.24) is 10.2 Å². The molecule has 6 heteroatoms. The molecule has 3 N–H and O–H groups in total. The fourth-order valence-electron chi connectivity index (χ4n) is 1.33. The normalized spacial score (nSPS) is 13.9. The van der Waals surface area contributed by atoms with Gasteiger partial charge in [-0.3, -0.25) is 0 Å². The average molecular weight is 246 g/mol. The molecule has 0 heterocycles. The van der Waals surface area contributed by atoms with E-state index < -0.39 is 24.1 Å². The molecule has 17 heavy (non-hydrogen) atoms. The molecule has 0 saturated carbocycles. The highest BCUT2D eigenvalue weighted by molar-refractivity contribution is 5.82. The lowest BCUT2D eigenvalue weighted by molar-refractivity contribution is -0.141. The number of hydrogen-bond acceptors (Lipinski definition) is 3. The monoisotopic (exact) mass is 246 g/mol. The molecule has 0 aliphatic carbocycles. The van der Waals surface area contributed by atoms with Crippen LogP contribution in [0.5, 0.6) is 0 Å². The molecule has 0 aliphatic rings. The molecular weight excluding hydrogens is 224 g/mol. The summed E-state index contributed by atoms with van der Waals surface area (Å²) in [5.74, 6) is -1.24. The van der Waals surface area contributed by atoms with Gasteiger partial charge in [0.25, 0.3) is 0 Å². The first-order valence-corrected chi connectivity index (χ1v) is 5.82. The quantitative estimate of drug-likeness (QED) is 0.575. The molecule has 0 aromatic heterocycles. The van der Waals surface area contributed by atoms with E-state index >= 15 is 0 Å². The van der Waals surface area contributed by atoms with Gasteiger partial charge in [0.05, 0.1) is 6.10 Å². The number of carbonyl (C=O) groups excluding carboxylic acids is 1. The van der Waals surface area contributed by atoms with Gasteiger partial charge in [-0.25, -0.2) is 9.59 Å². The van der Waals surface area contributed by atoms with E-state index in [1.807, 2.05) is 0 Å². The number of aliphatic hydroxyl groups is 1. The van der Waals surface area contributed by atoms with E-state index in [1.54, 1.807) is 7.05 Å². The zero-order valence-corrected chi connectivity index (χ0v) is 10.6. The molecule has 0 radical (unpaired) electrons. The van der Waals surface area contributed by atoms with Gasteiger partial charge in [-0.1, -0.05) is 19.8 Å². The maximum Gasteiger partial charge on any atom is 0.328 e. The third-order valence-corrected chi connectivity index (χ3v) is 2.47. The fourth-order valence-corrected chi connectivity index (χ4v) is 1.33. The van der Waals surface area contributed by atoms with Crippen molar-refractivity contribution < 1.29 is 19.8 Å². The molecule has 0 aliphatic heterocycles. The Kier molecular flexibility index (Phi) is 7.29. The predicted octanol–water partition coefficient (Wildman–Crippen LogP) is 0.652. The summed E-state index contributed by atoms with van der Waals surface area (Å²) < 4.78 is 0. The number of aliphatic hydroxyl groups excluding tert-OH is 1. The minimum atomic E-state index is -1.27. The summed E-state index contributed by atoms with van der Waals surface area (Å²) in [7, 11) is 1.60. The van der Waals surface area contributed by atoms with Crippen LogP contribution in [0.15, 0.2) is 0 Å². The Bertz CT molecular complexity index is 256. The number of aliphatic carboxylic acids is 1. The highest BCUT2D eigenvalue weighted by atomic mass is 16.4. The Balaban J connectivity index is 4.16. The van der Waals surface area contributed by atoms with E-state index in [1.165, 1.54) is 11.8 Å². The molecule has 2 atom stereocenters. The molecule has 2 amide bonds. The standard InChI is InChI=1S/C11H22N2O4/c1-4-5-6-7-13(3)11(17)12-9(8(2)14)10(15)16/h8-9,14H,4-7H2,1-3H3,(H,12,17)(H,15,16)/t8-,9+/m1/s1. The second-order valence-corrected chi connectivity index (χ2v) is 4.13. The van der Waals surface area contributed by atoms with Crippen molar-refractivity contribution in [3.8, 4) is 0 Å². The Labute approximate surface area is 102 Å². The maximum absolute atomic E-state index is 11.6. The lowest BCUT2D eigenvalue weighted by atomic mass is 10.2. The number of nitrogens with zero attached hydrogens (tertiary/aromatic N) is 1. The number of carboxylic acids is 1.